The molecule has 0 aromatic carbocycles. The highest BCUT2D eigenvalue weighted by Crippen LogP contribution is 2.42. The van der Waals surface area contributed by atoms with Crippen molar-refractivity contribution < 1.29 is 4.74 Å². The fraction of sp³-hybridized carbons (Fsp3) is 1.00. The van der Waals surface area contributed by atoms with Crippen LogP contribution in [-0.4, -0.2) is 31.3 Å². The maximum atomic E-state index is 6.20. The SMILES string of the molecule is CCOC1CC(NCC2CCCCC2N)C1(C)C. The molecule has 0 saturated heterocycles. The Morgan fingerprint density at radius 2 is 2.00 bits per heavy atom. The number of hydrogen-bond acceptors (Lipinski definition) is 3. The molecule has 2 aliphatic rings. The summed E-state index contributed by atoms with van der Waals surface area (Å²) < 4.78 is 5.77. The van der Waals surface area contributed by atoms with Gasteiger partial charge in [-0.3, -0.25) is 0 Å². The van der Waals surface area contributed by atoms with E-state index in [0.29, 0.717) is 24.1 Å². The third kappa shape index (κ3) is 2.89. The highest BCUT2D eigenvalue weighted by Gasteiger charge is 2.48. The number of rotatable bonds is 5. The van der Waals surface area contributed by atoms with Crippen LogP contribution in [0, 0.1) is 11.3 Å². The molecule has 0 bridgehead atoms. The molecule has 2 fully saturated rings. The van der Waals surface area contributed by atoms with E-state index < -0.39 is 0 Å². The van der Waals surface area contributed by atoms with Gasteiger partial charge in [0.25, 0.3) is 0 Å². The van der Waals surface area contributed by atoms with Gasteiger partial charge in [0.05, 0.1) is 6.10 Å². The number of hydrogen-bond donors (Lipinski definition) is 2. The first kappa shape index (κ1) is 14.3. The van der Waals surface area contributed by atoms with Gasteiger partial charge in [-0.25, -0.2) is 0 Å². The Morgan fingerprint density at radius 1 is 1.28 bits per heavy atom. The molecule has 0 aromatic rings. The van der Waals surface area contributed by atoms with E-state index in [1.165, 1.54) is 25.7 Å². The van der Waals surface area contributed by atoms with Crippen LogP contribution in [0.3, 0.4) is 0 Å². The van der Waals surface area contributed by atoms with E-state index >= 15 is 0 Å². The fourth-order valence-corrected chi connectivity index (χ4v) is 3.50. The molecule has 106 valence electrons. The number of nitrogens with one attached hydrogen (secondary N) is 1. The van der Waals surface area contributed by atoms with E-state index in [9.17, 15) is 0 Å². The Morgan fingerprint density at radius 3 is 2.61 bits per heavy atom. The molecule has 0 amide bonds. The van der Waals surface area contributed by atoms with Crippen LogP contribution in [0.25, 0.3) is 0 Å². The minimum Gasteiger partial charge on any atom is -0.378 e. The summed E-state index contributed by atoms with van der Waals surface area (Å²) in [6.45, 7) is 8.63. The van der Waals surface area contributed by atoms with E-state index in [1.54, 1.807) is 0 Å². The van der Waals surface area contributed by atoms with Crippen molar-refractivity contribution >= 4 is 0 Å². The zero-order valence-electron chi connectivity index (χ0n) is 12.2. The maximum Gasteiger partial charge on any atom is 0.0655 e. The summed E-state index contributed by atoms with van der Waals surface area (Å²) in [5.74, 6) is 0.681. The predicted molar refractivity (Wildman–Crippen MR) is 75.5 cm³/mol. The van der Waals surface area contributed by atoms with Gasteiger partial charge >= 0.3 is 0 Å². The Bertz CT molecular complexity index is 267. The molecular weight excluding hydrogens is 224 g/mol. The van der Waals surface area contributed by atoms with Crippen LogP contribution in [0.2, 0.25) is 0 Å². The van der Waals surface area contributed by atoms with Gasteiger partial charge in [-0.15, -0.1) is 0 Å². The third-order valence-corrected chi connectivity index (χ3v) is 5.14. The molecule has 4 unspecified atom stereocenters. The van der Waals surface area contributed by atoms with E-state index in [2.05, 4.69) is 26.1 Å². The second-order valence-electron chi connectivity index (χ2n) is 6.67. The summed E-state index contributed by atoms with van der Waals surface area (Å²) in [4.78, 5) is 0. The molecule has 2 aliphatic carbocycles. The normalized spacial score (nSPS) is 39.3. The highest BCUT2D eigenvalue weighted by atomic mass is 16.5. The Hall–Kier alpha value is -0.120. The predicted octanol–water partition coefficient (Wildman–Crippen LogP) is 2.30. The zero-order valence-corrected chi connectivity index (χ0v) is 12.2. The summed E-state index contributed by atoms with van der Waals surface area (Å²) in [7, 11) is 0. The quantitative estimate of drug-likeness (QED) is 0.791. The monoisotopic (exact) mass is 254 g/mol. The topological polar surface area (TPSA) is 47.3 Å². The standard InChI is InChI=1S/C15H30N2O/c1-4-18-14-9-13(15(14,2)3)17-10-11-7-5-6-8-12(11)16/h11-14,17H,4-10,16H2,1-3H3. The molecule has 4 atom stereocenters. The molecule has 0 heterocycles. The van der Waals surface area contributed by atoms with Crippen LogP contribution in [-0.2, 0) is 4.74 Å². The lowest BCUT2D eigenvalue weighted by Gasteiger charge is -2.52. The van der Waals surface area contributed by atoms with E-state index in [1.807, 2.05) is 0 Å². The first-order chi connectivity index (χ1) is 8.55. The van der Waals surface area contributed by atoms with Crippen molar-refractivity contribution in [3.05, 3.63) is 0 Å². The van der Waals surface area contributed by atoms with Crippen molar-refractivity contribution in [1.29, 1.82) is 0 Å². The largest absolute Gasteiger partial charge is 0.378 e. The first-order valence-electron chi connectivity index (χ1n) is 7.66. The lowest BCUT2D eigenvalue weighted by Crippen LogP contribution is -2.62. The molecule has 2 saturated carbocycles. The van der Waals surface area contributed by atoms with Gasteiger partial charge in [0.15, 0.2) is 0 Å². The average molecular weight is 254 g/mol. The smallest absolute Gasteiger partial charge is 0.0655 e. The van der Waals surface area contributed by atoms with Gasteiger partial charge in [-0.1, -0.05) is 26.7 Å². The minimum absolute atomic E-state index is 0.273. The van der Waals surface area contributed by atoms with Crippen LogP contribution in [0.4, 0.5) is 0 Å². The first-order valence-corrected chi connectivity index (χ1v) is 7.66. The number of nitrogens with two attached hydrogens (primary N) is 1. The minimum atomic E-state index is 0.273. The lowest BCUT2D eigenvalue weighted by molar-refractivity contribution is -0.114. The molecule has 0 spiro atoms. The molecular formula is C15H30N2O. The average Bonchev–Trinajstić information content (AvgIpc) is 2.35. The number of ether oxygens (including phenoxy) is 1. The second kappa shape index (κ2) is 5.89. The second-order valence-corrected chi connectivity index (χ2v) is 6.67. The van der Waals surface area contributed by atoms with Gasteiger partial charge in [0, 0.05) is 24.1 Å². The van der Waals surface area contributed by atoms with Gasteiger partial charge in [0.2, 0.25) is 0 Å². The zero-order chi connectivity index (χ0) is 13.2. The molecule has 3 N–H and O–H groups in total. The van der Waals surface area contributed by atoms with E-state index in [-0.39, 0.29) is 5.41 Å². The van der Waals surface area contributed by atoms with Crippen molar-refractivity contribution in [2.75, 3.05) is 13.2 Å². The molecule has 3 heteroatoms. The van der Waals surface area contributed by atoms with Crippen LogP contribution in [0.5, 0.6) is 0 Å². The van der Waals surface area contributed by atoms with Crippen molar-refractivity contribution in [1.82, 2.24) is 5.32 Å². The summed E-state index contributed by atoms with van der Waals surface area (Å²) in [5.41, 5.74) is 6.48. The Kier molecular flexibility index (Phi) is 4.68. The van der Waals surface area contributed by atoms with Gasteiger partial charge in [-0.2, -0.15) is 0 Å². The molecule has 0 aliphatic heterocycles. The van der Waals surface area contributed by atoms with Crippen LogP contribution in [0.15, 0.2) is 0 Å². The molecule has 2 rings (SSSR count). The summed E-state index contributed by atoms with van der Waals surface area (Å²) in [5, 5.41) is 3.74. The van der Waals surface area contributed by atoms with Crippen LogP contribution < -0.4 is 11.1 Å². The van der Waals surface area contributed by atoms with Crippen molar-refractivity contribution in [3.63, 3.8) is 0 Å². The summed E-state index contributed by atoms with van der Waals surface area (Å²) in [6.07, 6.45) is 6.77. The van der Waals surface area contributed by atoms with Crippen LogP contribution in [0.1, 0.15) is 52.9 Å². The van der Waals surface area contributed by atoms with Crippen molar-refractivity contribution in [2.45, 2.75) is 71.1 Å². The molecule has 18 heavy (non-hydrogen) atoms. The molecule has 0 aromatic heterocycles. The van der Waals surface area contributed by atoms with E-state index in [0.717, 1.165) is 19.6 Å². The summed E-state index contributed by atoms with van der Waals surface area (Å²) >= 11 is 0. The summed E-state index contributed by atoms with van der Waals surface area (Å²) in [6, 6.07) is 1.01. The molecule has 0 radical (unpaired) electrons. The van der Waals surface area contributed by atoms with Crippen molar-refractivity contribution in [3.8, 4) is 0 Å². The van der Waals surface area contributed by atoms with Crippen LogP contribution >= 0.6 is 0 Å². The third-order valence-electron chi connectivity index (χ3n) is 5.14. The Balaban J connectivity index is 1.74. The lowest BCUT2D eigenvalue weighted by atomic mass is 9.64. The van der Waals surface area contributed by atoms with Gasteiger partial charge in [0.1, 0.15) is 0 Å². The van der Waals surface area contributed by atoms with Crippen molar-refractivity contribution in [2.24, 2.45) is 17.1 Å². The van der Waals surface area contributed by atoms with Gasteiger partial charge in [-0.05, 0) is 38.6 Å². The highest BCUT2D eigenvalue weighted by molar-refractivity contribution is 5.03. The maximum absolute atomic E-state index is 6.20. The van der Waals surface area contributed by atoms with E-state index in [4.69, 9.17) is 10.5 Å². The Labute approximate surface area is 112 Å². The van der Waals surface area contributed by atoms with Gasteiger partial charge < -0.3 is 15.8 Å². The molecule has 3 nitrogen and oxygen atoms in total. The fourth-order valence-electron chi connectivity index (χ4n) is 3.50.